The van der Waals surface area contributed by atoms with Crippen molar-refractivity contribution in [1.29, 1.82) is 0 Å². The molecule has 0 aromatic carbocycles. The van der Waals surface area contributed by atoms with E-state index in [2.05, 4.69) is 4.98 Å². The van der Waals surface area contributed by atoms with Crippen molar-refractivity contribution >= 4 is 29.6 Å². The molecule has 3 N–H and O–H groups in total. The second kappa shape index (κ2) is 5.27. The van der Waals surface area contributed by atoms with Gasteiger partial charge in [0.05, 0.1) is 0 Å². The van der Waals surface area contributed by atoms with Crippen LogP contribution in [0.15, 0.2) is 18.2 Å². The SMILES string of the molecule is NC(=O)CC=Cc1ccc(Cl)nc1C(=O)O. The van der Waals surface area contributed by atoms with Gasteiger partial charge in [0.25, 0.3) is 0 Å². The summed E-state index contributed by atoms with van der Waals surface area (Å²) < 4.78 is 0. The van der Waals surface area contributed by atoms with Gasteiger partial charge in [-0.3, -0.25) is 4.79 Å². The van der Waals surface area contributed by atoms with Crippen LogP contribution >= 0.6 is 11.6 Å². The second-order valence-electron chi connectivity index (χ2n) is 2.95. The van der Waals surface area contributed by atoms with Crippen LogP contribution < -0.4 is 5.73 Å². The van der Waals surface area contributed by atoms with Crippen molar-refractivity contribution in [2.24, 2.45) is 5.73 Å². The lowest BCUT2D eigenvalue weighted by Crippen LogP contribution is -2.08. The lowest BCUT2D eigenvalue weighted by atomic mass is 10.1. The van der Waals surface area contributed by atoms with Crippen molar-refractivity contribution in [3.05, 3.63) is 34.6 Å². The summed E-state index contributed by atoms with van der Waals surface area (Å²) in [4.78, 5) is 25.0. The minimum Gasteiger partial charge on any atom is -0.476 e. The number of amides is 1. The van der Waals surface area contributed by atoms with Gasteiger partial charge in [-0.2, -0.15) is 0 Å². The van der Waals surface area contributed by atoms with Crippen LogP contribution in [0.4, 0.5) is 0 Å². The predicted octanol–water partition coefficient (Wildman–Crippen LogP) is 1.32. The van der Waals surface area contributed by atoms with E-state index in [0.29, 0.717) is 5.56 Å². The van der Waals surface area contributed by atoms with Gasteiger partial charge >= 0.3 is 5.97 Å². The van der Waals surface area contributed by atoms with Crippen molar-refractivity contribution in [3.63, 3.8) is 0 Å². The third-order valence-corrected chi connectivity index (χ3v) is 1.92. The van der Waals surface area contributed by atoms with Crippen LogP contribution in [0.1, 0.15) is 22.5 Å². The molecule has 1 aromatic heterocycles. The summed E-state index contributed by atoms with van der Waals surface area (Å²) in [6, 6.07) is 2.98. The minimum atomic E-state index is -1.18. The summed E-state index contributed by atoms with van der Waals surface area (Å²) >= 11 is 5.57. The van der Waals surface area contributed by atoms with Crippen LogP contribution in [0.3, 0.4) is 0 Å². The number of halogens is 1. The average Bonchev–Trinajstić information content (AvgIpc) is 2.19. The summed E-state index contributed by atoms with van der Waals surface area (Å²) in [6.07, 6.45) is 2.99. The van der Waals surface area contributed by atoms with Crippen LogP contribution in [0.5, 0.6) is 0 Å². The largest absolute Gasteiger partial charge is 0.476 e. The Morgan fingerprint density at radius 3 is 2.75 bits per heavy atom. The van der Waals surface area contributed by atoms with Crippen LogP contribution in [0, 0.1) is 0 Å². The fourth-order valence-corrected chi connectivity index (χ4v) is 1.20. The summed E-state index contributed by atoms with van der Waals surface area (Å²) in [5.41, 5.74) is 5.15. The number of carbonyl (C=O) groups is 2. The summed E-state index contributed by atoms with van der Waals surface area (Å²) in [5, 5.41) is 8.95. The fraction of sp³-hybridized carbons (Fsp3) is 0.100. The van der Waals surface area contributed by atoms with E-state index >= 15 is 0 Å². The molecule has 0 spiro atoms. The van der Waals surface area contributed by atoms with Crippen LogP contribution in [0.25, 0.3) is 6.08 Å². The third kappa shape index (κ3) is 3.36. The molecule has 0 aliphatic heterocycles. The number of nitrogens with zero attached hydrogens (tertiary/aromatic N) is 1. The molecule has 1 aromatic rings. The predicted molar refractivity (Wildman–Crippen MR) is 59.1 cm³/mol. The zero-order valence-electron chi connectivity index (χ0n) is 8.18. The van der Waals surface area contributed by atoms with Gasteiger partial charge in [0.2, 0.25) is 5.91 Å². The number of aromatic carboxylic acids is 1. The third-order valence-electron chi connectivity index (χ3n) is 1.71. The number of carboxylic acids is 1. The molecule has 84 valence electrons. The maximum Gasteiger partial charge on any atom is 0.355 e. The first-order valence-corrected chi connectivity index (χ1v) is 4.73. The first-order valence-electron chi connectivity index (χ1n) is 4.35. The van der Waals surface area contributed by atoms with E-state index in [-0.39, 0.29) is 17.3 Å². The van der Waals surface area contributed by atoms with E-state index in [1.165, 1.54) is 24.3 Å². The van der Waals surface area contributed by atoms with Gasteiger partial charge in [0.15, 0.2) is 5.69 Å². The summed E-state index contributed by atoms with van der Waals surface area (Å²) in [7, 11) is 0. The molecule has 0 radical (unpaired) electrons. The lowest BCUT2D eigenvalue weighted by Gasteiger charge is -2.00. The molecular weight excluding hydrogens is 232 g/mol. The Bertz CT molecular complexity index is 457. The maximum absolute atomic E-state index is 10.8. The minimum absolute atomic E-state index is 0.0433. The van der Waals surface area contributed by atoms with Gasteiger partial charge in [-0.25, -0.2) is 9.78 Å². The number of primary amides is 1. The first kappa shape index (κ1) is 12.2. The van der Waals surface area contributed by atoms with E-state index in [4.69, 9.17) is 22.4 Å². The molecule has 0 saturated heterocycles. The molecule has 1 amide bonds. The summed E-state index contributed by atoms with van der Waals surface area (Å²) in [5.74, 6) is -1.67. The van der Waals surface area contributed by atoms with E-state index in [0.717, 1.165) is 0 Å². The Balaban J connectivity index is 2.99. The Morgan fingerprint density at radius 2 is 2.19 bits per heavy atom. The highest BCUT2D eigenvalue weighted by atomic mass is 35.5. The number of carbonyl (C=O) groups excluding carboxylic acids is 1. The Morgan fingerprint density at radius 1 is 1.50 bits per heavy atom. The molecule has 0 unspecified atom stereocenters. The smallest absolute Gasteiger partial charge is 0.355 e. The maximum atomic E-state index is 10.8. The Labute approximate surface area is 96.5 Å². The molecule has 0 bridgehead atoms. The molecule has 0 atom stereocenters. The van der Waals surface area contributed by atoms with Crippen LogP contribution in [-0.4, -0.2) is 22.0 Å². The molecule has 1 heterocycles. The molecule has 0 fully saturated rings. The van der Waals surface area contributed by atoms with Gasteiger partial charge < -0.3 is 10.8 Å². The molecule has 1 rings (SSSR count). The highest BCUT2D eigenvalue weighted by molar-refractivity contribution is 6.29. The molecule has 0 aliphatic rings. The number of rotatable bonds is 4. The van der Waals surface area contributed by atoms with Crippen LogP contribution in [0.2, 0.25) is 5.15 Å². The Kier molecular flexibility index (Phi) is 4.02. The Hall–Kier alpha value is -1.88. The first-order chi connectivity index (χ1) is 7.50. The van der Waals surface area contributed by atoms with E-state index in [1.54, 1.807) is 0 Å². The van der Waals surface area contributed by atoms with Gasteiger partial charge in [-0.1, -0.05) is 23.8 Å². The fourth-order valence-electron chi connectivity index (χ4n) is 1.05. The zero-order valence-corrected chi connectivity index (χ0v) is 8.94. The lowest BCUT2D eigenvalue weighted by molar-refractivity contribution is -0.117. The van der Waals surface area contributed by atoms with Gasteiger partial charge in [-0.05, 0) is 12.1 Å². The number of hydrogen-bond acceptors (Lipinski definition) is 3. The normalized spacial score (nSPS) is 10.6. The quantitative estimate of drug-likeness (QED) is 0.776. The standard InChI is InChI=1S/C10H9ClN2O3/c11-7-5-4-6(2-1-3-8(12)14)9(13-7)10(15)16/h1-2,4-5H,3H2,(H2,12,14)(H,15,16). The number of hydrogen-bond donors (Lipinski definition) is 2. The molecule has 5 nitrogen and oxygen atoms in total. The molecule has 16 heavy (non-hydrogen) atoms. The highest BCUT2D eigenvalue weighted by Crippen LogP contribution is 2.13. The van der Waals surface area contributed by atoms with Crippen molar-refractivity contribution in [2.45, 2.75) is 6.42 Å². The van der Waals surface area contributed by atoms with Crippen LogP contribution in [-0.2, 0) is 4.79 Å². The second-order valence-corrected chi connectivity index (χ2v) is 3.34. The summed E-state index contributed by atoms with van der Waals surface area (Å²) in [6.45, 7) is 0. The number of pyridine rings is 1. The van der Waals surface area contributed by atoms with Gasteiger partial charge in [-0.15, -0.1) is 0 Å². The zero-order chi connectivity index (χ0) is 12.1. The van der Waals surface area contributed by atoms with Gasteiger partial charge in [0, 0.05) is 12.0 Å². The van der Waals surface area contributed by atoms with Crippen molar-refractivity contribution < 1.29 is 14.7 Å². The van der Waals surface area contributed by atoms with Crippen molar-refractivity contribution in [3.8, 4) is 0 Å². The highest BCUT2D eigenvalue weighted by Gasteiger charge is 2.10. The monoisotopic (exact) mass is 240 g/mol. The van der Waals surface area contributed by atoms with E-state index in [1.807, 2.05) is 0 Å². The van der Waals surface area contributed by atoms with Crippen molar-refractivity contribution in [1.82, 2.24) is 4.98 Å². The van der Waals surface area contributed by atoms with Gasteiger partial charge in [0.1, 0.15) is 5.15 Å². The number of aromatic nitrogens is 1. The van der Waals surface area contributed by atoms with E-state index < -0.39 is 11.9 Å². The topological polar surface area (TPSA) is 93.3 Å². The number of nitrogens with two attached hydrogens (primary N) is 1. The van der Waals surface area contributed by atoms with E-state index in [9.17, 15) is 9.59 Å². The molecular formula is C10H9ClN2O3. The molecule has 6 heteroatoms. The number of carboxylic acid groups (broad SMARTS) is 1. The average molecular weight is 241 g/mol. The molecule has 0 aliphatic carbocycles. The molecule has 0 saturated carbocycles. The van der Waals surface area contributed by atoms with Crippen molar-refractivity contribution in [2.75, 3.05) is 0 Å².